The lowest BCUT2D eigenvalue weighted by atomic mass is 10.1. The molecular formula is C22H20N2O2S. The van der Waals surface area contributed by atoms with Crippen LogP contribution in [0, 0.1) is 0 Å². The zero-order valence-electron chi connectivity index (χ0n) is 14.9. The number of amides is 2. The van der Waals surface area contributed by atoms with Crippen molar-refractivity contribution < 1.29 is 9.59 Å². The lowest BCUT2D eigenvalue weighted by Gasteiger charge is -2.13. The van der Waals surface area contributed by atoms with E-state index in [1.54, 1.807) is 30.3 Å². The molecule has 0 bridgehead atoms. The lowest BCUT2D eigenvalue weighted by molar-refractivity contribution is 0.0952. The lowest BCUT2D eigenvalue weighted by Crippen LogP contribution is -2.25. The molecule has 0 aliphatic carbocycles. The van der Waals surface area contributed by atoms with E-state index < -0.39 is 0 Å². The van der Waals surface area contributed by atoms with Crippen molar-refractivity contribution >= 4 is 29.3 Å². The second kappa shape index (κ2) is 9.05. The van der Waals surface area contributed by atoms with Gasteiger partial charge in [-0.15, -0.1) is 11.8 Å². The van der Waals surface area contributed by atoms with E-state index in [1.807, 2.05) is 54.8 Å². The Balaban J connectivity index is 1.75. The molecule has 136 valence electrons. The maximum atomic E-state index is 12.7. The van der Waals surface area contributed by atoms with Crippen LogP contribution in [0.1, 0.15) is 26.3 Å². The van der Waals surface area contributed by atoms with Crippen molar-refractivity contribution in [2.45, 2.75) is 11.4 Å². The molecule has 0 aromatic heterocycles. The van der Waals surface area contributed by atoms with Gasteiger partial charge in [0.2, 0.25) is 0 Å². The van der Waals surface area contributed by atoms with Crippen LogP contribution in [0.5, 0.6) is 0 Å². The fourth-order valence-electron chi connectivity index (χ4n) is 2.69. The molecule has 2 amide bonds. The van der Waals surface area contributed by atoms with E-state index in [0.717, 1.165) is 10.5 Å². The first-order chi connectivity index (χ1) is 13.2. The van der Waals surface area contributed by atoms with Gasteiger partial charge in [-0.2, -0.15) is 0 Å². The zero-order valence-corrected chi connectivity index (χ0v) is 15.8. The Morgan fingerprint density at radius 2 is 1.41 bits per heavy atom. The Bertz CT molecular complexity index is 942. The molecule has 3 aromatic carbocycles. The van der Waals surface area contributed by atoms with E-state index in [1.165, 1.54) is 11.8 Å². The molecule has 0 aliphatic rings. The van der Waals surface area contributed by atoms with Gasteiger partial charge in [0.25, 0.3) is 11.8 Å². The van der Waals surface area contributed by atoms with Gasteiger partial charge in [-0.1, -0.05) is 54.6 Å². The molecular weight excluding hydrogens is 356 g/mol. The number of rotatable bonds is 6. The Labute approximate surface area is 163 Å². The van der Waals surface area contributed by atoms with Gasteiger partial charge in [0.05, 0.1) is 16.8 Å². The monoisotopic (exact) mass is 376 g/mol. The number of carbonyl (C=O) groups is 2. The van der Waals surface area contributed by atoms with Crippen LogP contribution in [-0.2, 0) is 6.54 Å². The Morgan fingerprint density at radius 1 is 0.778 bits per heavy atom. The van der Waals surface area contributed by atoms with Gasteiger partial charge < -0.3 is 10.6 Å². The fourth-order valence-corrected chi connectivity index (χ4v) is 3.28. The highest BCUT2D eigenvalue weighted by Crippen LogP contribution is 2.22. The van der Waals surface area contributed by atoms with Gasteiger partial charge in [0.15, 0.2) is 0 Å². The van der Waals surface area contributed by atoms with Gasteiger partial charge in [0.1, 0.15) is 0 Å². The fraction of sp³-hybridized carbons (Fsp3) is 0.0909. The molecule has 0 spiro atoms. The van der Waals surface area contributed by atoms with Crippen molar-refractivity contribution in [3.8, 4) is 0 Å². The van der Waals surface area contributed by atoms with Crippen molar-refractivity contribution in [3.63, 3.8) is 0 Å². The topological polar surface area (TPSA) is 58.2 Å². The largest absolute Gasteiger partial charge is 0.348 e. The van der Waals surface area contributed by atoms with E-state index in [-0.39, 0.29) is 11.8 Å². The molecule has 0 saturated heterocycles. The normalized spacial score (nSPS) is 10.3. The molecule has 0 aliphatic heterocycles. The summed E-state index contributed by atoms with van der Waals surface area (Å²) in [4.78, 5) is 26.2. The summed E-state index contributed by atoms with van der Waals surface area (Å²) in [7, 11) is 0. The highest BCUT2D eigenvalue weighted by atomic mass is 32.2. The number of benzene rings is 3. The minimum absolute atomic E-state index is 0.229. The smallest absolute Gasteiger partial charge is 0.256 e. The first kappa shape index (κ1) is 18.7. The number of anilines is 1. The average Bonchev–Trinajstić information content (AvgIpc) is 2.73. The molecule has 3 aromatic rings. The molecule has 0 unspecified atom stereocenters. The second-order valence-corrected chi connectivity index (χ2v) is 6.72. The summed E-state index contributed by atoms with van der Waals surface area (Å²) in [5, 5.41) is 5.76. The van der Waals surface area contributed by atoms with Crippen LogP contribution in [0.15, 0.2) is 83.8 Å². The molecule has 0 heterocycles. The Kier molecular flexibility index (Phi) is 6.28. The Hall–Kier alpha value is -3.05. The number of carbonyl (C=O) groups excluding carboxylic acids is 2. The summed E-state index contributed by atoms with van der Waals surface area (Å²) in [5.41, 5.74) is 2.53. The van der Waals surface area contributed by atoms with Crippen molar-refractivity contribution in [1.29, 1.82) is 0 Å². The van der Waals surface area contributed by atoms with E-state index in [4.69, 9.17) is 0 Å². The van der Waals surface area contributed by atoms with Crippen LogP contribution in [0.4, 0.5) is 5.69 Å². The first-order valence-corrected chi connectivity index (χ1v) is 9.77. The van der Waals surface area contributed by atoms with E-state index in [2.05, 4.69) is 10.6 Å². The summed E-state index contributed by atoms with van der Waals surface area (Å²) in [5.74, 6) is -0.462. The maximum absolute atomic E-state index is 12.7. The van der Waals surface area contributed by atoms with Crippen molar-refractivity contribution in [2.75, 3.05) is 11.6 Å². The molecule has 0 atom stereocenters. The quantitative estimate of drug-likeness (QED) is 0.619. The number of nitrogens with one attached hydrogen (secondary N) is 2. The highest BCUT2D eigenvalue weighted by Gasteiger charge is 2.15. The van der Waals surface area contributed by atoms with Crippen LogP contribution in [0.2, 0.25) is 0 Å². The number of hydrogen-bond acceptors (Lipinski definition) is 3. The summed E-state index contributed by atoms with van der Waals surface area (Å²) >= 11 is 1.51. The molecule has 0 radical (unpaired) electrons. The van der Waals surface area contributed by atoms with Crippen LogP contribution >= 0.6 is 11.8 Å². The molecule has 27 heavy (non-hydrogen) atoms. The number of thioether (sulfide) groups is 1. The number of para-hydroxylation sites is 1. The second-order valence-electron chi connectivity index (χ2n) is 5.87. The first-order valence-electron chi connectivity index (χ1n) is 8.54. The van der Waals surface area contributed by atoms with Gasteiger partial charge in [-0.05, 0) is 36.1 Å². The average molecular weight is 376 g/mol. The van der Waals surface area contributed by atoms with E-state index >= 15 is 0 Å². The van der Waals surface area contributed by atoms with Crippen LogP contribution in [-0.4, -0.2) is 18.1 Å². The zero-order chi connectivity index (χ0) is 19.1. The molecule has 4 nitrogen and oxygen atoms in total. The Morgan fingerprint density at radius 3 is 2.15 bits per heavy atom. The van der Waals surface area contributed by atoms with Crippen molar-refractivity contribution in [2.24, 2.45) is 0 Å². The van der Waals surface area contributed by atoms with E-state index in [9.17, 15) is 9.59 Å². The van der Waals surface area contributed by atoms with Crippen LogP contribution in [0.3, 0.4) is 0 Å². The third-order valence-corrected chi connectivity index (χ3v) is 4.86. The van der Waals surface area contributed by atoms with E-state index in [0.29, 0.717) is 23.4 Å². The van der Waals surface area contributed by atoms with Crippen LogP contribution < -0.4 is 10.6 Å². The van der Waals surface area contributed by atoms with Crippen molar-refractivity contribution in [3.05, 3.63) is 95.6 Å². The third-order valence-electron chi connectivity index (χ3n) is 4.07. The third kappa shape index (κ3) is 4.77. The van der Waals surface area contributed by atoms with Gasteiger partial charge in [0, 0.05) is 11.4 Å². The summed E-state index contributed by atoms with van der Waals surface area (Å²) in [6, 6.07) is 24.1. The number of hydrogen-bond donors (Lipinski definition) is 2. The molecule has 3 rings (SSSR count). The molecule has 5 heteroatoms. The predicted octanol–water partition coefficient (Wildman–Crippen LogP) is 4.59. The van der Waals surface area contributed by atoms with Crippen molar-refractivity contribution in [1.82, 2.24) is 5.32 Å². The minimum Gasteiger partial charge on any atom is -0.348 e. The minimum atomic E-state index is -0.233. The predicted molar refractivity (Wildman–Crippen MR) is 110 cm³/mol. The van der Waals surface area contributed by atoms with Crippen LogP contribution in [0.25, 0.3) is 0 Å². The maximum Gasteiger partial charge on any atom is 0.256 e. The molecule has 0 fully saturated rings. The van der Waals surface area contributed by atoms with Gasteiger partial charge >= 0.3 is 0 Å². The molecule has 2 N–H and O–H groups in total. The van der Waals surface area contributed by atoms with Gasteiger partial charge in [-0.25, -0.2) is 0 Å². The van der Waals surface area contributed by atoms with Gasteiger partial charge in [-0.3, -0.25) is 9.59 Å². The summed E-state index contributed by atoms with van der Waals surface area (Å²) in [6.45, 7) is 0.428. The SMILES string of the molecule is CSc1ccccc1C(=O)Nc1ccccc1C(=O)NCc1ccccc1. The summed E-state index contributed by atoms with van der Waals surface area (Å²) in [6.07, 6.45) is 1.93. The standard InChI is InChI=1S/C22H20N2O2S/c1-27-20-14-8-6-12-18(20)22(26)24-19-13-7-5-11-17(19)21(25)23-15-16-9-3-2-4-10-16/h2-14H,15H2,1H3,(H,23,25)(H,24,26). The molecule has 0 saturated carbocycles. The highest BCUT2D eigenvalue weighted by molar-refractivity contribution is 7.98. The summed E-state index contributed by atoms with van der Waals surface area (Å²) < 4.78 is 0.